The van der Waals surface area contributed by atoms with Crippen molar-refractivity contribution < 1.29 is 27.2 Å². The quantitative estimate of drug-likeness (QED) is 0.198. The summed E-state index contributed by atoms with van der Waals surface area (Å²) in [7, 11) is 1.56. The highest BCUT2D eigenvalue weighted by atomic mass is 19.4. The molecule has 7 nitrogen and oxygen atoms in total. The number of aromatic nitrogens is 3. The van der Waals surface area contributed by atoms with Crippen LogP contribution in [0.25, 0.3) is 28.1 Å². The number of rotatable bonds is 8. The first kappa shape index (κ1) is 29.2. The number of hydrogen-bond acceptors (Lipinski definition) is 4. The number of nitrogens with one attached hydrogen (secondary N) is 2. The molecule has 218 valence electrons. The highest BCUT2D eigenvalue weighted by Crippen LogP contribution is 2.32. The summed E-state index contributed by atoms with van der Waals surface area (Å²) < 4.78 is 54.5. The van der Waals surface area contributed by atoms with Gasteiger partial charge < -0.3 is 10.6 Å². The lowest BCUT2D eigenvalue weighted by Crippen LogP contribution is -2.18. The Kier molecular flexibility index (Phi) is 8.33. The number of amides is 2. The van der Waals surface area contributed by atoms with Gasteiger partial charge in [0.2, 0.25) is 5.91 Å². The lowest BCUT2D eigenvalue weighted by molar-refractivity contribution is -0.137. The van der Waals surface area contributed by atoms with E-state index < -0.39 is 23.5 Å². The zero-order valence-electron chi connectivity index (χ0n) is 22.8. The van der Waals surface area contributed by atoms with Crippen LogP contribution in [0.15, 0.2) is 97.3 Å². The van der Waals surface area contributed by atoms with Crippen molar-refractivity contribution in [3.63, 3.8) is 0 Å². The number of carbonyl (C=O) groups excluding carboxylic acids is 2. The summed E-state index contributed by atoms with van der Waals surface area (Å²) in [6.07, 6.45) is -1.46. The highest BCUT2D eigenvalue weighted by molar-refractivity contribution is 6.04. The highest BCUT2D eigenvalue weighted by Gasteiger charge is 2.30. The lowest BCUT2D eigenvalue weighted by Gasteiger charge is -2.11. The van der Waals surface area contributed by atoms with E-state index in [2.05, 4.69) is 15.6 Å². The zero-order valence-corrected chi connectivity index (χ0v) is 22.8. The Hall–Kier alpha value is -5.32. The molecule has 0 aliphatic heterocycles. The minimum absolute atomic E-state index is 0.122. The molecule has 0 spiro atoms. The number of benzene rings is 3. The van der Waals surface area contributed by atoms with Crippen LogP contribution >= 0.6 is 0 Å². The second kappa shape index (κ2) is 12.3. The third kappa shape index (κ3) is 6.78. The van der Waals surface area contributed by atoms with Crippen molar-refractivity contribution in [1.82, 2.24) is 20.1 Å². The van der Waals surface area contributed by atoms with Gasteiger partial charge in [-0.15, -0.1) is 0 Å². The van der Waals surface area contributed by atoms with E-state index >= 15 is 0 Å². The molecule has 0 aliphatic rings. The van der Waals surface area contributed by atoms with E-state index in [1.54, 1.807) is 36.0 Å². The van der Waals surface area contributed by atoms with E-state index in [0.717, 1.165) is 35.2 Å². The summed E-state index contributed by atoms with van der Waals surface area (Å²) in [5.74, 6) is -1.47. The molecule has 11 heteroatoms. The summed E-state index contributed by atoms with van der Waals surface area (Å²) in [5, 5.41) is 9.96. The number of anilines is 1. The topological polar surface area (TPSA) is 88.9 Å². The van der Waals surface area contributed by atoms with Gasteiger partial charge in [0.05, 0.1) is 34.4 Å². The number of pyridine rings is 1. The molecule has 0 saturated carbocycles. The van der Waals surface area contributed by atoms with Gasteiger partial charge in [0.25, 0.3) is 5.91 Å². The molecule has 0 bridgehead atoms. The summed E-state index contributed by atoms with van der Waals surface area (Å²) >= 11 is 0. The van der Waals surface area contributed by atoms with Crippen LogP contribution < -0.4 is 10.6 Å². The molecule has 2 aromatic heterocycles. The Labute approximate surface area is 244 Å². The maximum atomic E-state index is 14.0. The Bertz CT molecular complexity index is 1750. The van der Waals surface area contributed by atoms with Crippen molar-refractivity contribution in [3.8, 4) is 28.1 Å². The third-order valence-corrected chi connectivity index (χ3v) is 6.76. The van der Waals surface area contributed by atoms with Crippen LogP contribution in [0.4, 0.5) is 23.2 Å². The van der Waals surface area contributed by atoms with Crippen LogP contribution in [0, 0.1) is 5.82 Å². The van der Waals surface area contributed by atoms with Crippen molar-refractivity contribution in [2.24, 2.45) is 0 Å². The van der Waals surface area contributed by atoms with Crippen molar-refractivity contribution in [3.05, 3.63) is 120 Å². The first-order valence-electron chi connectivity index (χ1n) is 13.2. The fourth-order valence-corrected chi connectivity index (χ4v) is 4.45. The number of aryl methyl sites for hydroxylation is 1. The first-order valence-corrected chi connectivity index (χ1v) is 13.2. The molecule has 5 rings (SSSR count). The van der Waals surface area contributed by atoms with Gasteiger partial charge in [-0.25, -0.2) is 9.07 Å². The Morgan fingerprint density at radius 1 is 0.860 bits per heavy atom. The van der Waals surface area contributed by atoms with Crippen LogP contribution in [-0.2, 0) is 17.4 Å². The molecule has 0 saturated heterocycles. The smallest absolute Gasteiger partial charge is 0.359 e. The Balaban J connectivity index is 1.42. The number of halogens is 4. The minimum Gasteiger partial charge on any atom is -0.359 e. The molecule has 0 aliphatic carbocycles. The lowest BCUT2D eigenvalue weighted by atomic mass is 10.0. The molecule has 5 aromatic rings. The standard InChI is InChI=1S/C32H25F4N5O2/c1-37-30(42)15-12-25-18-29(22-4-2-20(3-5-22)21-6-8-23(9-7-21)32(34,35)36)41(40-25)26-13-10-24(11-14-26)39-31(43)27-16-17-38-19-28(27)33/h2-11,13-14,16-19H,12,15H2,1H3,(H,37,42)(H,39,43). The molecule has 43 heavy (non-hydrogen) atoms. The van der Waals surface area contributed by atoms with Crippen molar-refractivity contribution in [2.45, 2.75) is 19.0 Å². The van der Waals surface area contributed by atoms with Gasteiger partial charge in [-0.1, -0.05) is 36.4 Å². The largest absolute Gasteiger partial charge is 0.416 e. The van der Waals surface area contributed by atoms with Gasteiger partial charge in [-0.05, 0) is 59.7 Å². The molecule has 2 amide bonds. The molecule has 2 heterocycles. The maximum Gasteiger partial charge on any atom is 0.416 e. The maximum absolute atomic E-state index is 14.0. The van der Waals surface area contributed by atoms with Gasteiger partial charge >= 0.3 is 6.18 Å². The van der Waals surface area contributed by atoms with Crippen molar-refractivity contribution in [2.75, 3.05) is 12.4 Å². The number of hydrogen-bond donors (Lipinski definition) is 2. The van der Waals surface area contributed by atoms with E-state index in [1.165, 1.54) is 24.4 Å². The fraction of sp³-hybridized carbons (Fsp3) is 0.125. The Morgan fingerprint density at radius 3 is 2.09 bits per heavy atom. The zero-order chi connectivity index (χ0) is 30.6. The normalized spacial score (nSPS) is 11.3. The number of carbonyl (C=O) groups is 2. The van der Waals surface area contributed by atoms with Crippen molar-refractivity contribution >= 4 is 17.5 Å². The fourth-order valence-electron chi connectivity index (χ4n) is 4.45. The Morgan fingerprint density at radius 2 is 1.49 bits per heavy atom. The number of alkyl halides is 3. The van der Waals surface area contributed by atoms with Crippen LogP contribution in [0.2, 0.25) is 0 Å². The molecular weight excluding hydrogens is 562 g/mol. The SMILES string of the molecule is CNC(=O)CCc1cc(-c2ccc(-c3ccc(C(F)(F)F)cc3)cc2)n(-c2ccc(NC(=O)c3ccncc3F)cc2)n1. The second-order valence-electron chi connectivity index (χ2n) is 9.61. The van der Waals surface area contributed by atoms with Crippen LogP contribution in [0.5, 0.6) is 0 Å². The molecule has 0 radical (unpaired) electrons. The molecule has 0 fully saturated rings. The third-order valence-electron chi connectivity index (χ3n) is 6.76. The monoisotopic (exact) mass is 587 g/mol. The average Bonchev–Trinajstić information content (AvgIpc) is 3.44. The van der Waals surface area contributed by atoms with E-state index in [0.29, 0.717) is 29.1 Å². The average molecular weight is 588 g/mol. The summed E-state index contributed by atoms with van der Waals surface area (Å²) in [4.78, 5) is 28.0. The van der Waals surface area contributed by atoms with Crippen LogP contribution in [-0.4, -0.2) is 33.6 Å². The molecular formula is C32H25F4N5O2. The van der Waals surface area contributed by atoms with E-state index in [-0.39, 0.29) is 17.9 Å². The van der Waals surface area contributed by atoms with E-state index in [1.807, 2.05) is 30.3 Å². The predicted molar refractivity (Wildman–Crippen MR) is 154 cm³/mol. The van der Waals surface area contributed by atoms with Gasteiger partial charge in [-0.3, -0.25) is 14.6 Å². The summed E-state index contributed by atoms with van der Waals surface area (Å²) in [5.41, 5.74) is 3.85. The molecule has 0 unspecified atom stereocenters. The van der Waals surface area contributed by atoms with E-state index in [4.69, 9.17) is 5.10 Å². The van der Waals surface area contributed by atoms with Crippen molar-refractivity contribution in [1.29, 1.82) is 0 Å². The summed E-state index contributed by atoms with van der Waals surface area (Å²) in [6.45, 7) is 0. The van der Waals surface area contributed by atoms with Gasteiger partial charge in [0, 0.05) is 37.3 Å². The molecule has 3 aromatic carbocycles. The van der Waals surface area contributed by atoms with Gasteiger partial charge in [0.1, 0.15) is 0 Å². The second-order valence-corrected chi connectivity index (χ2v) is 9.61. The first-order chi connectivity index (χ1) is 20.6. The summed E-state index contributed by atoms with van der Waals surface area (Å²) in [6, 6.07) is 22.3. The molecule has 2 N–H and O–H groups in total. The molecule has 0 atom stereocenters. The minimum atomic E-state index is -4.41. The predicted octanol–water partition coefficient (Wildman–Crippen LogP) is 6.69. The number of nitrogens with zero attached hydrogens (tertiary/aromatic N) is 3. The van der Waals surface area contributed by atoms with Gasteiger partial charge in [-0.2, -0.15) is 18.3 Å². The van der Waals surface area contributed by atoms with Crippen LogP contribution in [0.1, 0.15) is 28.0 Å². The van der Waals surface area contributed by atoms with Gasteiger partial charge in [0.15, 0.2) is 5.82 Å². The van der Waals surface area contributed by atoms with E-state index in [9.17, 15) is 27.2 Å². The van der Waals surface area contributed by atoms with Crippen LogP contribution in [0.3, 0.4) is 0 Å².